The minimum Gasteiger partial charge on any atom is -0.494 e. The second-order valence-corrected chi connectivity index (χ2v) is 5.84. The molecule has 0 heterocycles. The summed E-state index contributed by atoms with van der Waals surface area (Å²) in [4.78, 5) is 12.3. The maximum absolute atomic E-state index is 13.7. The highest BCUT2D eigenvalue weighted by atomic mass is 19.1. The normalized spacial score (nSPS) is 11.9. The van der Waals surface area contributed by atoms with Crippen LogP contribution < -0.4 is 10.1 Å². The Morgan fingerprint density at radius 1 is 1.09 bits per heavy atom. The summed E-state index contributed by atoms with van der Waals surface area (Å²) in [5, 5.41) is 2.92. The standard InChI is InChI=1S/C19H22FNO2/c1-11-8-13(3)16(9-12(11)2)14(4)21-19(22)15-6-7-18(23-5)17(20)10-15/h6-10,14H,1-5H3,(H,21,22). The van der Waals surface area contributed by atoms with Crippen molar-refractivity contribution in [2.24, 2.45) is 0 Å². The largest absolute Gasteiger partial charge is 0.494 e. The number of carbonyl (C=O) groups excluding carboxylic acids is 1. The van der Waals surface area contributed by atoms with Crippen molar-refractivity contribution in [2.75, 3.05) is 7.11 Å². The van der Waals surface area contributed by atoms with Crippen molar-refractivity contribution < 1.29 is 13.9 Å². The van der Waals surface area contributed by atoms with Crippen molar-refractivity contribution in [3.05, 3.63) is 64.0 Å². The smallest absolute Gasteiger partial charge is 0.251 e. The van der Waals surface area contributed by atoms with E-state index in [2.05, 4.69) is 24.4 Å². The van der Waals surface area contributed by atoms with Gasteiger partial charge in [0.15, 0.2) is 11.6 Å². The van der Waals surface area contributed by atoms with E-state index in [4.69, 9.17) is 4.74 Å². The molecule has 2 aromatic carbocycles. The van der Waals surface area contributed by atoms with Crippen LogP contribution >= 0.6 is 0 Å². The first-order valence-corrected chi connectivity index (χ1v) is 7.55. The van der Waals surface area contributed by atoms with Crippen molar-refractivity contribution in [1.82, 2.24) is 5.32 Å². The summed E-state index contributed by atoms with van der Waals surface area (Å²) >= 11 is 0. The number of hydrogen-bond acceptors (Lipinski definition) is 2. The van der Waals surface area contributed by atoms with Gasteiger partial charge in [0.05, 0.1) is 13.2 Å². The molecule has 3 nitrogen and oxygen atoms in total. The Bertz CT molecular complexity index is 740. The van der Waals surface area contributed by atoms with Gasteiger partial charge in [-0.1, -0.05) is 12.1 Å². The van der Waals surface area contributed by atoms with E-state index in [0.29, 0.717) is 0 Å². The average Bonchev–Trinajstić information content (AvgIpc) is 2.50. The van der Waals surface area contributed by atoms with Crippen LogP contribution in [0.2, 0.25) is 0 Å². The second kappa shape index (κ2) is 6.82. The highest BCUT2D eigenvalue weighted by molar-refractivity contribution is 5.94. The Morgan fingerprint density at radius 3 is 2.35 bits per heavy atom. The molecule has 0 fully saturated rings. The molecule has 4 heteroatoms. The molecule has 0 radical (unpaired) electrons. The first kappa shape index (κ1) is 17.0. The number of rotatable bonds is 4. The number of carbonyl (C=O) groups is 1. The van der Waals surface area contributed by atoms with Crippen molar-refractivity contribution >= 4 is 5.91 Å². The predicted molar refractivity (Wildman–Crippen MR) is 89.5 cm³/mol. The van der Waals surface area contributed by atoms with E-state index in [9.17, 15) is 9.18 Å². The molecular weight excluding hydrogens is 293 g/mol. The van der Waals surface area contributed by atoms with E-state index in [1.807, 2.05) is 20.8 Å². The van der Waals surface area contributed by atoms with Gasteiger partial charge in [-0.05, 0) is 68.1 Å². The Hall–Kier alpha value is -2.36. The van der Waals surface area contributed by atoms with Gasteiger partial charge < -0.3 is 10.1 Å². The molecule has 0 saturated carbocycles. The van der Waals surface area contributed by atoms with Crippen molar-refractivity contribution in [3.8, 4) is 5.75 Å². The first-order valence-electron chi connectivity index (χ1n) is 7.55. The summed E-state index contributed by atoms with van der Waals surface area (Å²) in [5.74, 6) is -0.730. The van der Waals surface area contributed by atoms with Gasteiger partial charge in [0.1, 0.15) is 0 Å². The topological polar surface area (TPSA) is 38.3 Å². The van der Waals surface area contributed by atoms with Crippen LogP contribution in [-0.4, -0.2) is 13.0 Å². The maximum Gasteiger partial charge on any atom is 0.251 e. The molecule has 1 N–H and O–H groups in total. The zero-order valence-corrected chi connectivity index (χ0v) is 14.2. The van der Waals surface area contributed by atoms with Crippen LogP contribution in [0.15, 0.2) is 30.3 Å². The number of halogens is 1. The van der Waals surface area contributed by atoms with Crippen molar-refractivity contribution in [1.29, 1.82) is 0 Å². The number of aryl methyl sites for hydroxylation is 3. The molecule has 0 bridgehead atoms. The molecule has 0 aromatic heterocycles. The third-order valence-corrected chi connectivity index (χ3v) is 4.11. The molecule has 1 amide bonds. The minimum absolute atomic E-state index is 0.125. The summed E-state index contributed by atoms with van der Waals surface area (Å²) in [5.41, 5.74) is 4.87. The molecule has 0 aliphatic carbocycles. The van der Waals surface area contributed by atoms with Crippen LogP contribution in [0.3, 0.4) is 0 Å². The van der Waals surface area contributed by atoms with E-state index < -0.39 is 5.82 Å². The third-order valence-electron chi connectivity index (χ3n) is 4.11. The lowest BCUT2D eigenvalue weighted by molar-refractivity contribution is 0.0939. The molecule has 1 atom stereocenters. The lowest BCUT2D eigenvalue weighted by Gasteiger charge is -2.18. The molecule has 122 valence electrons. The number of nitrogens with one attached hydrogen (secondary N) is 1. The quantitative estimate of drug-likeness (QED) is 0.916. The first-order chi connectivity index (χ1) is 10.8. The van der Waals surface area contributed by atoms with Gasteiger partial charge in [0.25, 0.3) is 5.91 Å². The Morgan fingerprint density at radius 2 is 1.74 bits per heavy atom. The fourth-order valence-electron chi connectivity index (χ4n) is 2.61. The fraction of sp³-hybridized carbons (Fsp3) is 0.316. The Labute approximate surface area is 136 Å². The summed E-state index contributed by atoms with van der Waals surface area (Å²) < 4.78 is 18.6. The molecule has 2 aromatic rings. The molecule has 0 saturated heterocycles. The van der Waals surface area contributed by atoms with Crippen molar-refractivity contribution in [3.63, 3.8) is 0 Å². The zero-order valence-electron chi connectivity index (χ0n) is 14.2. The van der Waals surface area contributed by atoms with Crippen LogP contribution in [-0.2, 0) is 0 Å². The minimum atomic E-state index is -0.546. The molecule has 2 rings (SSSR count). The van der Waals surface area contributed by atoms with Gasteiger partial charge >= 0.3 is 0 Å². The Kier molecular flexibility index (Phi) is 5.04. The number of benzene rings is 2. The molecule has 23 heavy (non-hydrogen) atoms. The van der Waals surface area contributed by atoms with E-state index in [1.165, 1.54) is 30.4 Å². The lowest BCUT2D eigenvalue weighted by atomic mass is 9.96. The van der Waals surface area contributed by atoms with Crippen LogP contribution in [0.25, 0.3) is 0 Å². The molecular formula is C19H22FNO2. The van der Waals surface area contributed by atoms with Crippen molar-refractivity contribution in [2.45, 2.75) is 33.7 Å². The zero-order chi connectivity index (χ0) is 17.1. The summed E-state index contributed by atoms with van der Waals surface area (Å²) in [6.07, 6.45) is 0. The number of methoxy groups -OCH3 is 1. The number of amides is 1. The summed E-state index contributed by atoms with van der Waals surface area (Å²) in [6.45, 7) is 8.06. The summed E-state index contributed by atoms with van der Waals surface area (Å²) in [6, 6.07) is 8.23. The molecule has 0 spiro atoms. The van der Waals surface area contributed by atoms with Gasteiger partial charge in [-0.15, -0.1) is 0 Å². The van der Waals surface area contributed by atoms with E-state index in [0.717, 1.165) is 11.1 Å². The molecule has 0 aliphatic heterocycles. The third kappa shape index (κ3) is 3.70. The highest BCUT2D eigenvalue weighted by Crippen LogP contribution is 2.23. The van der Waals surface area contributed by atoms with E-state index in [-0.39, 0.29) is 23.3 Å². The SMILES string of the molecule is COc1ccc(C(=O)NC(C)c2cc(C)c(C)cc2C)cc1F. The molecule has 1 unspecified atom stereocenters. The molecule has 0 aliphatic rings. The van der Waals surface area contributed by atoms with Gasteiger partial charge in [0, 0.05) is 5.56 Å². The van der Waals surface area contributed by atoms with E-state index in [1.54, 1.807) is 6.07 Å². The lowest BCUT2D eigenvalue weighted by Crippen LogP contribution is -2.27. The maximum atomic E-state index is 13.7. The highest BCUT2D eigenvalue weighted by Gasteiger charge is 2.15. The average molecular weight is 315 g/mol. The number of hydrogen-bond donors (Lipinski definition) is 1. The Balaban J connectivity index is 2.20. The van der Waals surface area contributed by atoms with Crippen LogP contribution in [0, 0.1) is 26.6 Å². The monoisotopic (exact) mass is 315 g/mol. The van der Waals surface area contributed by atoms with Crippen LogP contribution in [0.4, 0.5) is 4.39 Å². The second-order valence-electron chi connectivity index (χ2n) is 5.84. The van der Waals surface area contributed by atoms with E-state index >= 15 is 0 Å². The van der Waals surface area contributed by atoms with Gasteiger partial charge in [-0.2, -0.15) is 0 Å². The van der Waals surface area contributed by atoms with Crippen LogP contribution in [0.1, 0.15) is 45.6 Å². The summed E-state index contributed by atoms with van der Waals surface area (Å²) in [7, 11) is 1.39. The van der Waals surface area contributed by atoms with Crippen LogP contribution in [0.5, 0.6) is 5.75 Å². The van der Waals surface area contributed by atoms with Gasteiger partial charge in [0.2, 0.25) is 0 Å². The fourth-order valence-corrected chi connectivity index (χ4v) is 2.61. The number of ether oxygens (including phenoxy) is 1. The van der Waals surface area contributed by atoms with Gasteiger partial charge in [-0.25, -0.2) is 4.39 Å². The van der Waals surface area contributed by atoms with Gasteiger partial charge in [-0.3, -0.25) is 4.79 Å². The predicted octanol–water partition coefficient (Wildman–Crippen LogP) is 4.25.